The lowest BCUT2D eigenvalue weighted by atomic mass is 10.1. The van der Waals surface area contributed by atoms with Crippen molar-refractivity contribution in [2.45, 2.75) is 45.8 Å². The number of carbonyl (C=O) groups excluding carboxylic acids is 1. The van der Waals surface area contributed by atoms with E-state index in [-0.39, 0.29) is 18.2 Å². The highest BCUT2D eigenvalue weighted by atomic mass is 16.5. The third-order valence-corrected chi connectivity index (χ3v) is 1.75. The molecule has 0 heterocycles. The molecule has 0 saturated heterocycles. The van der Waals surface area contributed by atoms with E-state index in [9.17, 15) is 4.79 Å². The molecule has 72 valence electrons. The van der Waals surface area contributed by atoms with Gasteiger partial charge < -0.3 is 9.47 Å². The molecule has 0 rings (SSSR count). The summed E-state index contributed by atoms with van der Waals surface area (Å²) < 4.78 is 10.0. The molecule has 2 atom stereocenters. The van der Waals surface area contributed by atoms with Gasteiger partial charge in [0.25, 0.3) is 0 Å². The zero-order valence-electron chi connectivity index (χ0n) is 8.29. The zero-order chi connectivity index (χ0) is 9.56. The lowest BCUT2D eigenvalue weighted by Gasteiger charge is -2.14. The van der Waals surface area contributed by atoms with E-state index in [0.717, 1.165) is 12.8 Å². The van der Waals surface area contributed by atoms with Gasteiger partial charge in [-0.05, 0) is 26.7 Å². The van der Waals surface area contributed by atoms with Crippen LogP contribution in [-0.2, 0) is 14.3 Å². The van der Waals surface area contributed by atoms with Crippen LogP contribution in [0.1, 0.15) is 33.6 Å². The first-order valence-electron chi connectivity index (χ1n) is 4.26. The summed E-state index contributed by atoms with van der Waals surface area (Å²) in [5.41, 5.74) is 0. The first kappa shape index (κ1) is 11.4. The van der Waals surface area contributed by atoms with Crippen LogP contribution in [0.4, 0.5) is 0 Å². The van der Waals surface area contributed by atoms with E-state index in [1.165, 1.54) is 6.92 Å². The monoisotopic (exact) mass is 174 g/mol. The maximum atomic E-state index is 10.5. The van der Waals surface area contributed by atoms with Crippen LogP contribution in [0.15, 0.2) is 0 Å². The lowest BCUT2D eigenvalue weighted by molar-refractivity contribution is -0.146. The Morgan fingerprint density at radius 2 is 1.75 bits per heavy atom. The van der Waals surface area contributed by atoms with Crippen molar-refractivity contribution in [3.8, 4) is 0 Å². The second-order valence-corrected chi connectivity index (χ2v) is 3.04. The Balaban J connectivity index is 3.43. The van der Waals surface area contributed by atoms with Crippen molar-refractivity contribution in [1.82, 2.24) is 0 Å². The Bertz CT molecular complexity index is 134. The van der Waals surface area contributed by atoms with E-state index in [1.54, 1.807) is 7.11 Å². The van der Waals surface area contributed by atoms with Crippen molar-refractivity contribution >= 4 is 5.97 Å². The topological polar surface area (TPSA) is 35.5 Å². The van der Waals surface area contributed by atoms with Crippen LogP contribution in [0.3, 0.4) is 0 Å². The van der Waals surface area contributed by atoms with Crippen LogP contribution >= 0.6 is 0 Å². The summed E-state index contributed by atoms with van der Waals surface area (Å²) in [6.07, 6.45) is 2.02. The van der Waals surface area contributed by atoms with Gasteiger partial charge in [-0.15, -0.1) is 0 Å². The SMILES string of the molecule is COC(C)CCC(C)OC(C)=O. The van der Waals surface area contributed by atoms with Gasteiger partial charge in [-0.25, -0.2) is 0 Å². The van der Waals surface area contributed by atoms with Gasteiger partial charge in [-0.3, -0.25) is 4.79 Å². The molecule has 0 aliphatic heterocycles. The highest BCUT2D eigenvalue weighted by molar-refractivity contribution is 5.66. The molecule has 12 heavy (non-hydrogen) atoms. The van der Waals surface area contributed by atoms with Crippen molar-refractivity contribution in [2.75, 3.05) is 7.11 Å². The van der Waals surface area contributed by atoms with E-state index in [1.807, 2.05) is 13.8 Å². The Morgan fingerprint density at radius 1 is 1.25 bits per heavy atom. The van der Waals surface area contributed by atoms with Crippen LogP contribution in [0, 0.1) is 0 Å². The highest BCUT2D eigenvalue weighted by Gasteiger charge is 2.07. The van der Waals surface area contributed by atoms with Gasteiger partial charge in [0.2, 0.25) is 0 Å². The molecule has 0 aromatic carbocycles. The minimum atomic E-state index is -0.215. The minimum Gasteiger partial charge on any atom is -0.463 e. The molecule has 0 spiro atoms. The number of ether oxygens (including phenoxy) is 2. The van der Waals surface area contributed by atoms with Gasteiger partial charge in [0.1, 0.15) is 0 Å². The average molecular weight is 174 g/mol. The fourth-order valence-electron chi connectivity index (χ4n) is 0.930. The molecule has 3 heteroatoms. The van der Waals surface area contributed by atoms with Gasteiger partial charge >= 0.3 is 5.97 Å². The van der Waals surface area contributed by atoms with E-state index < -0.39 is 0 Å². The lowest BCUT2D eigenvalue weighted by Crippen LogP contribution is -2.15. The Hall–Kier alpha value is -0.570. The maximum absolute atomic E-state index is 10.5. The first-order chi connectivity index (χ1) is 5.56. The number of hydrogen-bond donors (Lipinski definition) is 0. The third kappa shape index (κ3) is 6.16. The third-order valence-electron chi connectivity index (χ3n) is 1.75. The van der Waals surface area contributed by atoms with Crippen molar-refractivity contribution < 1.29 is 14.3 Å². The predicted molar refractivity (Wildman–Crippen MR) is 46.9 cm³/mol. The van der Waals surface area contributed by atoms with E-state index in [0.29, 0.717) is 0 Å². The molecular formula is C9H18O3. The second kappa shape index (κ2) is 6.00. The molecule has 2 unspecified atom stereocenters. The summed E-state index contributed by atoms with van der Waals surface area (Å²) in [6, 6.07) is 0. The van der Waals surface area contributed by atoms with Crippen molar-refractivity contribution in [3.63, 3.8) is 0 Å². The molecule has 0 N–H and O–H groups in total. The van der Waals surface area contributed by atoms with Gasteiger partial charge in [-0.1, -0.05) is 0 Å². The van der Waals surface area contributed by atoms with Crippen LogP contribution in [0.2, 0.25) is 0 Å². The Labute approximate surface area is 74.0 Å². The second-order valence-electron chi connectivity index (χ2n) is 3.04. The van der Waals surface area contributed by atoms with E-state index >= 15 is 0 Å². The van der Waals surface area contributed by atoms with Crippen molar-refractivity contribution in [1.29, 1.82) is 0 Å². The predicted octanol–water partition coefficient (Wildman–Crippen LogP) is 1.75. The van der Waals surface area contributed by atoms with Crippen LogP contribution < -0.4 is 0 Å². The largest absolute Gasteiger partial charge is 0.463 e. The zero-order valence-corrected chi connectivity index (χ0v) is 8.29. The van der Waals surface area contributed by atoms with Crippen LogP contribution in [0.5, 0.6) is 0 Å². The number of carbonyl (C=O) groups is 1. The molecule has 0 amide bonds. The average Bonchev–Trinajstić information content (AvgIpc) is 1.99. The van der Waals surface area contributed by atoms with Gasteiger partial charge in [0.15, 0.2) is 0 Å². The summed E-state index contributed by atoms with van der Waals surface area (Å²) in [7, 11) is 1.68. The smallest absolute Gasteiger partial charge is 0.302 e. The maximum Gasteiger partial charge on any atom is 0.302 e. The molecule has 0 radical (unpaired) electrons. The van der Waals surface area contributed by atoms with Crippen LogP contribution in [0.25, 0.3) is 0 Å². The van der Waals surface area contributed by atoms with Gasteiger partial charge in [0, 0.05) is 14.0 Å². The summed E-state index contributed by atoms with van der Waals surface area (Å²) in [5, 5.41) is 0. The molecule has 0 aliphatic carbocycles. The summed E-state index contributed by atoms with van der Waals surface area (Å²) >= 11 is 0. The first-order valence-corrected chi connectivity index (χ1v) is 4.26. The Morgan fingerprint density at radius 3 is 2.17 bits per heavy atom. The molecular weight excluding hydrogens is 156 g/mol. The number of methoxy groups -OCH3 is 1. The molecule has 0 aromatic rings. The molecule has 0 saturated carbocycles. The molecule has 0 fully saturated rings. The summed E-state index contributed by atoms with van der Waals surface area (Å²) in [6.45, 7) is 5.32. The normalized spacial score (nSPS) is 15.3. The van der Waals surface area contributed by atoms with Crippen molar-refractivity contribution in [3.05, 3.63) is 0 Å². The molecule has 0 bridgehead atoms. The molecule has 0 aliphatic rings. The van der Waals surface area contributed by atoms with Gasteiger partial charge in [-0.2, -0.15) is 0 Å². The van der Waals surface area contributed by atoms with Gasteiger partial charge in [0.05, 0.1) is 12.2 Å². The van der Waals surface area contributed by atoms with E-state index in [4.69, 9.17) is 9.47 Å². The summed E-state index contributed by atoms with van der Waals surface area (Å²) in [4.78, 5) is 10.5. The van der Waals surface area contributed by atoms with Crippen molar-refractivity contribution in [2.24, 2.45) is 0 Å². The van der Waals surface area contributed by atoms with Crippen LogP contribution in [-0.4, -0.2) is 25.3 Å². The molecule has 3 nitrogen and oxygen atoms in total. The summed E-state index contributed by atoms with van der Waals surface area (Å²) in [5.74, 6) is -0.215. The van der Waals surface area contributed by atoms with E-state index in [2.05, 4.69) is 0 Å². The Kier molecular flexibility index (Phi) is 5.72. The minimum absolute atomic E-state index is 0.0000926. The quantitative estimate of drug-likeness (QED) is 0.596. The number of esters is 1. The standard InChI is InChI=1S/C9H18O3/c1-7(11-4)5-6-8(2)12-9(3)10/h7-8H,5-6H2,1-4H3. The number of hydrogen-bond acceptors (Lipinski definition) is 3. The highest BCUT2D eigenvalue weighted by Crippen LogP contribution is 2.06. The number of rotatable bonds is 5. The fraction of sp³-hybridized carbons (Fsp3) is 0.889. The fourth-order valence-corrected chi connectivity index (χ4v) is 0.930. The molecule has 0 aromatic heterocycles.